The molecule has 0 N–H and O–H groups in total. The summed E-state index contributed by atoms with van der Waals surface area (Å²) in [4.78, 5) is 11.0. The average Bonchev–Trinajstić information content (AvgIpc) is 2.38. The summed E-state index contributed by atoms with van der Waals surface area (Å²) in [6.45, 7) is 7.03. The monoisotopic (exact) mass is 230 g/mol. The largest absolute Gasteiger partial charge is 0.455 e. The lowest BCUT2D eigenvalue weighted by Crippen LogP contribution is -2.14. The highest BCUT2D eigenvalue weighted by Gasteiger charge is 2.07. The van der Waals surface area contributed by atoms with Gasteiger partial charge in [-0.15, -0.1) is 0 Å². The molecule has 1 unspecified atom stereocenters. The molecule has 1 aromatic carbocycles. The van der Waals surface area contributed by atoms with Crippen molar-refractivity contribution in [1.82, 2.24) is 0 Å². The van der Waals surface area contributed by atoms with Crippen LogP contribution in [0.1, 0.15) is 18.4 Å². The lowest BCUT2D eigenvalue weighted by atomic mass is 10.1. The molecule has 0 bridgehead atoms. The van der Waals surface area contributed by atoms with E-state index in [9.17, 15) is 4.79 Å². The summed E-state index contributed by atoms with van der Waals surface area (Å²) in [5.74, 6) is -0.394. The quantitative estimate of drug-likeness (QED) is 0.408. The zero-order valence-electron chi connectivity index (χ0n) is 9.97. The first-order valence-electron chi connectivity index (χ1n) is 5.75. The maximum absolute atomic E-state index is 11.0. The fourth-order valence-electron chi connectivity index (χ4n) is 1.57. The van der Waals surface area contributed by atoms with Crippen molar-refractivity contribution >= 4 is 5.97 Å². The lowest BCUT2D eigenvalue weighted by Gasteiger charge is -2.12. The normalized spacial score (nSPS) is 11.5. The second kappa shape index (κ2) is 7.44. The van der Waals surface area contributed by atoms with Crippen LogP contribution in [0.25, 0.3) is 0 Å². The Bertz CT molecular complexity index is 368. The molecule has 1 atom stereocenters. The van der Waals surface area contributed by atoms with Gasteiger partial charge in [0, 0.05) is 6.08 Å². The first kappa shape index (κ1) is 13.2. The highest BCUT2D eigenvalue weighted by molar-refractivity contribution is 5.81. The van der Waals surface area contributed by atoms with Crippen molar-refractivity contribution < 1.29 is 9.53 Å². The second-order valence-corrected chi connectivity index (χ2v) is 3.79. The molecule has 0 amide bonds. The summed E-state index contributed by atoms with van der Waals surface area (Å²) in [5.41, 5.74) is 1.30. The molecule has 0 heterocycles. The molecule has 0 saturated heterocycles. The van der Waals surface area contributed by atoms with E-state index in [4.69, 9.17) is 4.74 Å². The molecule has 0 aromatic heterocycles. The Morgan fingerprint density at radius 1 is 1.29 bits per heavy atom. The third-order valence-corrected chi connectivity index (χ3v) is 2.49. The third kappa shape index (κ3) is 5.16. The van der Waals surface area contributed by atoms with Gasteiger partial charge in [-0.1, -0.05) is 49.6 Å². The molecular weight excluding hydrogens is 212 g/mol. The van der Waals surface area contributed by atoms with E-state index in [2.05, 4.69) is 25.3 Å². The summed E-state index contributed by atoms with van der Waals surface area (Å²) < 4.78 is 5.11. The zero-order chi connectivity index (χ0) is 12.5. The van der Waals surface area contributed by atoms with Gasteiger partial charge < -0.3 is 4.74 Å². The molecular formula is C15H18O2. The Morgan fingerprint density at radius 2 is 2.00 bits per heavy atom. The van der Waals surface area contributed by atoms with Gasteiger partial charge >= 0.3 is 5.97 Å². The van der Waals surface area contributed by atoms with Crippen molar-refractivity contribution in [3.05, 3.63) is 61.2 Å². The maximum Gasteiger partial charge on any atom is 0.330 e. The van der Waals surface area contributed by atoms with Gasteiger partial charge in [0.2, 0.25) is 0 Å². The van der Waals surface area contributed by atoms with Crippen LogP contribution in [0.3, 0.4) is 0 Å². The summed E-state index contributed by atoms with van der Waals surface area (Å²) in [5, 5.41) is 0. The van der Waals surface area contributed by atoms with E-state index in [0.717, 1.165) is 19.3 Å². The van der Waals surface area contributed by atoms with Crippen LogP contribution >= 0.6 is 0 Å². The summed E-state index contributed by atoms with van der Waals surface area (Å²) in [6.07, 6.45) is 5.35. The Kier molecular flexibility index (Phi) is 5.80. The fourth-order valence-corrected chi connectivity index (χ4v) is 1.57. The van der Waals surface area contributed by atoms with Gasteiger partial charge in [-0.2, -0.15) is 0 Å². The molecule has 2 heteroatoms. The predicted molar refractivity (Wildman–Crippen MR) is 69.7 cm³/mol. The molecule has 0 saturated carbocycles. The molecule has 1 rings (SSSR count). The van der Waals surface area contributed by atoms with Crippen LogP contribution in [-0.2, 0) is 16.0 Å². The van der Waals surface area contributed by atoms with Crippen molar-refractivity contribution in [1.29, 1.82) is 0 Å². The van der Waals surface area contributed by atoms with Crippen LogP contribution < -0.4 is 0 Å². The highest BCUT2D eigenvalue weighted by Crippen LogP contribution is 2.09. The van der Waals surface area contributed by atoms with Crippen molar-refractivity contribution in [2.75, 3.05) is 0 Å². The van der Waals surface area contributed by atoms with E-state index in [0.29, 0.717) is 0 Å². The van der Waals surface area contributed by atoms with E-state index in [-0.39, 0.29) is 6.10 Å². The SMILES string of the molecule is C=CC(=O)OC(C=C)CCCc1ccccc1. The average molecular weight is 230 g/mol. The minimum Gasteiger partial charge on any atom is -0.455 e. The van der Waals surface area contributed by atoms with Crippen LogP contribution in [0.4, 0.5) is 0 Å². The third-order valence-electron chi connectivity index (χ3n) is 2.49. The topological polar surface area (TPSA) is 26.3 Å². The Labute approximate surface area is 103 Å². The van der Waals surface area contributed by atoms with E-state index < -0.39 is 5.97 Å². The fraction of sp³-hybridized carbons (Fsp3) is 0.267. The van der Waals surface area contributed by atoms with Crippen molar-refractivity contribution in [2.45, 2.75) is 25.4 Å². The first-order valence-corrected chi connectivity index (χ1v) is 5.75. The van der Waals surface area contributed by atoms with Crippen LogP contribution in [-0.4, -0.2) is 12.1 Å². The molecule has 0 fully saturated rings. The molecule has 0 aliphatic heterocycles. The number of carbonyl (C=O) groups excluding carboxylic acids is 1. The number of rotatable bonds is 7. The number of ether oxygens (including phenoxy) is 1. The van der Waals surface area contributed by atoms with Gasteiger partial charge in [0.05, 0.1) is 0 Å². The number of esters is 1. The van der Waals surface area contributed by atoms with Crippen molar-refractivity contribution in [2.24, 2.45) is 0 Å². The molecule has 1 aromatic rings. The molecule has 0 spiro atoms. The van der Waals surface area contributed by atoms with Crippen LogP contribution in [0.15, 0.2) is 55.6 Å². The number of hydrogen-bond donors (Lipinski definition) is 0. The van der Waals surface area contributed by atoms with Crippen molar-refractivity contribution in [3.8, 4) is 0 Å². The smallest absolute Gasteiger partial charge is 0.330 e. The number of aryl methyl sites for hydroxylation is 1. The maximum atomic E-state index is 11.0. The molecule has 2 nitrogen and oxygen atoms in total. The Hall–Kier alpha value is -1.83. The standard InChI is InChI=1S/C15H18O2/c1-3-14(17-15(16)4-2)12-8-11-13-9-6-5-7-10-13/h3-7,9-10,14H,1-2,8,11-12H2. The van der Waals surface area contributed by atoms with Gasteiger partial charge in [-0.05, 0) is 24.8 Å². The second-order valence-electron chi connectivity index (χ2n) is 3.79. The zero-order valence-corrected chi connectivity index (χ0v) is 9.97. The Balaban J connectivity index is 2.31. The van der Waals surface area contributed by atoms with Gasteiger partial charge in [0.25, 0.3) is 0 Å². The van der Waals surface area contributed by atoms with Gasteiger partial charge in [0.15, 0.2) is 0 Å². The van der Waals surface area contributed by atoms with E-state index in [1.165, 1.54) is 11.6 Å². The summed E-state index contributed by atoms with van der Waals surface area (Å²) >= 11 is 0. The summed E-state index contributed by atoms with van der Waals surface area (Å²) in [7, 11) is 0. The summed E-state index contributed by atoms with van der Waals surface area (Å²) in [6, 6.07) is 10.2. The predicted octanol–water partition coefficient (Wildman–Crippen LogP) is 3.29. The number of benzene rings is 1. The molecule has 17 heavy (non-hydrogen) atoms. The molecule has 0 radical (unpaired) electrons. The van der Waals surface area contributed by atoms with Crippen molar-refractivity contribution in [3.63, 3.8) is 0 Å². The van der Waals surface area contributed by atoms with Gasteiger partial charge in [0.1, 0.15) is 6.10 Å². The molecule has 90 valence electrons. The lowest BCUT2D eigenvalue weighted by molar-refractivity contribution is -0.141. The van der Waals surface area contributed by atoms with Crippen LogP contribution in [0, 0.1) is 0 Å². The van der Waals surface area contributed by atoms with E-state index in [1.54, 1.807) is 6.08 Å². The minimum absolute atomic E-state index is 0.218. The molecule has 0 aliphatic rings. The molecule has 0 aliphatic carbocycles. The number of hydrogen-bond acceptors (Lipinski definition) is 2. The highest BCUT2D eigenvalue weighted by atomic mass is 16.5. The number of carbonyl (C=O) groups is 1. The minimum atomic E-state index is -0.394. The van der Waals surface area contributed by atoms with Gasteiger partial charge in [-0.3, -0.25) is 0 Å². The van der Waals surface area contributed by atoms with Gasteiger partial charge in [-0.25, -0.2) is 4.79 Å². The van der Waals surface area contributed by atoms with Crippen LogP contribution in [0.2, 0.25) is 0 Å². The van der Waals surface area contributed by atoms with E-state index in [1.807, 2.05) is 18.2 Å². The first-order chi connectivity index (χ1) is 8.26. The van der Waals surface area contributed by atoms with Crippen LogP contribution in [0.5, 0.6) is 0 Å². The van der Waals surface area contributed by atoms with E-state index >= 15 is 0 Å². The Morgan fingerprint density at radius 3 is 2.59 bits per heavy atom.